The van der Waals surface area contributed by atoms with Crippen LogP contribution < -0.4 is 5.73 Å². The molecule has 0 amide bonds. The summed E-state index contributed by atoms with van der Waals surface area (Å²) in [6.07, 6.45) is 0.561. The van der Waals surface area contributed by atoms with Gasteiger partial charge in [-0.25, -0.2) is 0 Å². The second-order valence-corrected chi connectivity index (χ2v) is 5.90. The summed E-state index contributed by atoms with van der Waals surface area (Å²) in [5, 5.41) is 0. The Bertz CT molecular complexity index is 507. The zero-order chi connectivity index (χ0) is 13.4. The van der Waals surface area contributed by atoms with Crippen LogP contribution in [0.1, 0.15) is 16.8 Å². The fourth-order valence-corrected chi connectivity index (χ4v) is 3.02. The molecule has 1 fully saturated rings. The van der Waals surface area contributed by atoms with Crippen LogP contribution in [0.15, 0.2) is 21.1 Å². The van der Waals surface area contributed by atoms with Gasteiger partial charge in [-0.2, -0.15) is 0 Å². The summed E-state index contributed by atoms with van der Waals surface area (Å²) in [5.74, 6) is -0.925. The number of nitrogen functional groups attached to an aromatic ring is 1. The number of methoxy groups -OCH3 is 1. The van der Waals surface area contributed by atoms with Crippen LogP contribution in [0.5, 0.6) is 0 Å². The monoisotopic (exact) mass is 375 g/mol. The minimum Gasteiger partial charge on any atom is -0.469 e. The Morgan fingerprint density at radius 2 is 1.83 bits per heavy atom. The molecule has 0 unspecified atom stereocenters. The van der Waals surface area contributed by atoms with Gasteiger partial charge in [0.25, 0.3) is 0 Å². The van der Waals surface area contributed by atoms with E-state index < -0.39 is 0 Å². The van der Waals surface area contributed by atoms with Crippen LogP contribution >= 0.6 is 31.9 Å². The molecule has 0 aliphatic heterocycles. The summed E-state index contributed by atoms with van der Waals surface area (Å²) in [4.78, 5) is 23.5. The first kappa shape index (κ1) is 13.5. The van der Waals surface area contributed by atoms with Crippen molar-refractivity contribution < 1.29 is 14.3 Å². The van der Waals surface area contributed by atoms with Gasteiger partial charge in [0.05, 0.1) is 18.7 Å². The molecular formula is C12H11Br2NO3. The van der Waals surface area contributed by atoms with E-state index in [0.29, 0.717) is 26.6 Å². The van der Waals surface area contributed by atoms with Gasteiger partial charge in [0.2, 0.25) is 0 Å². The second-order valence-electron chi connectivity index (χ2n) is 4.19. The average molecular weight is 377 g/mol. The molecule has 2 atom stereocenters. The van der Waals surface area contributed by atoms with Gasteiger partial charge in [-0.15, -0.1) is 0 Å². The first-order chi connectivity index (χ1) is 8.45. The van der Waals surface area contributed by atoms with E-state index in [9.17, 15) is 9.59 Å². The van der Waals surface area contributed by atoms with E-state index in [4.69, 9.17) is 5.73 Å². The number of hydrogen-bond donors (Lipinski definition) is 1. The number of halogens is 2. The van der Waals surface area contributed by atoms with Crippen LogP contribution in [-0.2, 0) is 9.53 Å². The third-order valence-corrected chi connectivity index (χ3v) is 4.31. The third kappa shape index (κ3) is 2.44. The lowest BCUT2D eigenvalue weighted by atomic mass is 10.1. The lowest BCUT2D eigenvalue weighted by molar-refractivity contribution is -0.142. The van der Waals surface area contributed by atoms with Crippen LogP contribution in [-0.4, -0.2) is 18.9 Å². The minimum atomic E-state index is -0.318. The molecule has 0 heterocycles. The molecule has 0 saturated heterocycles. The lowest BCUT2D eigenvalue weighted by Crippen LogP contribution is -2.10. The molecule has 6 heteroatoms. The van der Waals surface area contributed by atoms with Gasteiger partial charge in [0, 0.05) is 20.4 Å². The van der Waals surface area contributed by atoms with Crippen molar-refractivity contribution in [2.24, 2.45) is 11.8 Å². The molecule has 1 aliphatic carbocycles. The second kappa shape index (κ2) is 5.01. The summed E-state index contributed by atoms with van der Waals surface area (Å²) in [7, 11) is 1.33. The highest BCUT2D eigenvalue weighted by Crippen LogP contribution is 2.42. The van der Waals surface area contributed by atoms with Gasteiger partial charge in [0.1, 0.15) is 0 Å². The first-order valence-electron chi connectivity index (χ1n) is 5.32. The molecule has 0 radical (unpaired) electrons. The Labute approximate surface area is 121 Å². The SMILES string of the molecule is COC(=O)[C@@H]1C[C@H]1C(=O)c1cc(Br)c(N)c(Br)c1. The summed E-state index contributed by atoms with van der Waals surface area (Å²) < 4.78 is 5.95. The number of hydrogen-bond acceptors (Lipinski definition) is 4. The van der Waals surface area contributed by atoms with Crippen LogP contribution in [0.25, 0.3) is 0 Å². The Morgan fingerprint density at radius 1 is 1.28 bits per heavy atom. The molecule has 1 aromatic rings. The van der Waals surface area contributed by atoms with Crippen LogP contribution in [0.3, 0.4) is 0 Å². The molecule has 0 spiro atoms. The van der Waals surface area contributed by atoms with Crippen molar-refractivity contribution in [3.8, 4) is 0 Å². The number of ether oxygens (including phenoxy) is 1. The van der Waals surface area contributed by atoms with Crippen molar-refractivity contribution in [2.75, 3.05) is 12.8 Å². The van der Waals surface area contributed by atoms with E-state index in [1.165, 1.54) is 7.11 Å². The maximum Gasteiger partial charge on any atom is 0.309 e. The largest absolute Gasteiger partial charge is 0.469 e. The quantitative estimate of drug-likeness (QED) is 0.500. The topological polar surface area (TPSA) is 69.4 Å². The van der Waals surface area contributed by atoms with Crippen LogP contribution in [0, 0.1) is 11.8 Å². The van der Waals surface area contributed by atoms with Crippen molar-refractivity contribution in [1.82, 2.24) is 0 Å². The maximum absolute atomic E-state index is 12.2. The summed E-state index contributed by atoms with van der Waals surface area (Å²) >= 11 is 6.59. The standard InChI is InChI=1S/C12H11Br2NO3/c1-18-12(17)7-4-6(7)11(16)5-2-8(13)10(15)9(14)3-5/h2-3,6-7H,4,15H2,1H3/t6-,7-/m1/s1. The van der Waals surface area contributed by atoms with Gasteiger partial charge in [-0.3, -0.25) is 9.59 Å². The third-order valence-electron chi connectivity index (χ3n) is 2.99. The Morgan fingerprint density at radius 3 is 2.33 bits per heavy atom. The normalized spacial score (nSPS) is 21.5. The average Bonchev–Trinajstić information content (AvgIpc) is 3.13. The smallest absolute Gasteiger partial charge is 0.309 e. The van der Waals surface area contributed by atoms with Gasteiger partial charge in [0.15, 0.2) is 5.78 Å². The molecule has 1 saturated carbocycles. The number of nitrogens with two attached hydrogens (primary N) is 1. The van der Waals surface area contributed by atoms with Crippen molar-refractivity contribution in [3.63, 3.8) is 0 Å². The zero-order valence-corrected chi connectivity index (χ0v) is 12.7. The van der Waals surface area contributed by atoms with E-state index in [0.717, 1.165) is 0 Å². The van der Waals surface area contributed by atoms with Gasteiger partial charge < -0.3 is 10.5 Å². The Hall–Kier alpha value is -0.880. The fourth-order valence-electron chi connectivity index (χ4n) is 1.84. The van der Waals surface area contributed by atoms with Gasteiger partial charge in [-0.05, 0) is 50.4 Å². The van der Waals surface area contributed by atoms with E-state index in [1.54, 1.807) is 12.1 Å². The highest BCUT2D eigenvalue weighted by atomic mass is 79.9. The fraction of sp³-hybridized carbons (Fsp3) is 0.333. The number of Topliss-reactive ketones (excluding diaryl/α,β-unsaturated/α-hetero) is 1. The molecule has 0 aromatic heterocycles. The molecule has 0 bridgehead atoms. The lowest BCUT2D eigenvalue weighted by Gasteiger charge is -2.06. The predicted molar refractivity (Wildman–Crippen MR) is 74.2 cm³/mol. The Kier molecular flexibility index (Phi) is 3.77. The van der Waals surface area contributed by atoms with Crippen molar-refractivity contribution in [1.29, 1.82) is 0 Å². The summed E-state index contributed by atoms with van der Waals surface area (Å²) in [6, 6.07) is 3.35. The van der Waals surface area contributed by atoms with Gasteiger partial charge >= 0.3 is 5.97 Å². The zero-order valence-electron chi connectivity index (χ0n) is 9.57. The maximum atomic E-state index is 12.2. The Balaban J connectivity index is 2.19. The number of rotatable bonds is 3. The van der Waals surface area contributed by atoms with E-state index >= 15 is 0 Å². The molecule has 2 rings (SSSR count). The van der Waals surface area contributed by atoms with Crippen molar-refractivity contribution >= 4 is 49.3 Å². The minimum absolute atomic E-state index is 0.0493. The van der Waals surface area contributed by atoms with E-state index in [2.05, 4.69) is 36.6 Å². The molecular weight excluding hydrogens is 366 g/mol. The molecule has 2 N–H and O–H groups in total. The predicted octanol–water partition coefficient (Wildman–Crippen LogP) is 2.79. The highest BCUT2D eigenvalue weighted by Gasteiger charge is 2.49. The number of ketones is 1. The van der Waals surface area contributed by atoms with Crippen molar-refractivity contribution in [2.45, 2.75) is 6.42 Å². The number of anilines is 1. The van der Waals surface area contributed by atoms with Crippen LogP contribution in [0.4, 0.5) is 5.69 Å². The van der Waals surface area contributed by atoms with E-state index in [-0.39, 0.29) is 23.6 Å². The first-order valence-corrected chi connectivity index (χ1v) is 6.91. The van der Waals surface area contributed by atoms with Crippen molar-refractivity contribution in [3.05, 3.63) is 26.6 Å². The summed E-state index contributed by atoms with van der Waals surface area (Å²) in [5.41, 5.74) is 6.85. The molecule has 1 aromatic carbocycles. The van der Waals surface area contributed by atoms with E-state index in [1.807, 2.05) is 0 Å². The van der Waals surface area contributed by atoms with Crippen LogP contribution in [0.2, 0.25) is 0 Å². The summed E-state index contributed by atoms with van der Waals surface area (Å²) in [6.45, 7) is 0. The number of esters is 1. The number of carbonyl (C=O) groups excluding carboxylic acids is 2. The number of carbonyl (C=O) groups is 2. The molecule has 96 valence electrons. The molecule has 1 aliphatic rings. The number of benzene rings is 1. The molecule has 4 nitrogen and oxygen atoms in total. The molecule has 18 heavy (non-hydrogen) atoms. The highest BCUT2D eigenvalue weighted by molar-refractivity contribution is 9.11. The van der Waals surface area contributed by atoms with Gasteiger partial charge in [-0.1, -0.05) is 0 Å².